The number of hydrogen-bond donors (Lipinski definition) is 2. The summed E-state index contributed by atoms with van der Waals surface area (Å²) >= 11 is 0. The first-order chi connectivity index (χ1) is 8.46. The summed E-state index contributed by atoms with van der Waals surface area (Å²) in [5, 5.41) is 11.6. The maximum atomic E-state index is 11.7. The molecule has 0 spiro atoms. The van der Waals surface area contributed by atoms with Gasteiger partial charge < -0.3 is 15.2 Å². The van der Waals surface area contributed by atoms with Crippen molar-refractivity contribution in [3.63, 3.8) is 0 Å². The molecule has 0 radical (unpaired) electrons. The standard InChI is InChI=1S/C11H21NO5S/c1-17-7-10(2-4-13)12-11(14)6-9-3-5-18(15,16)8-9/h9-10,13H,2-8H2,1H3,(H,12,14). The Labute approximate surface area is 108 Å². The van der Waals surface area contributed by atoms with Crippen molar-refractivity contribution in [2.45, 2.75) is 25.3 Å². The van der Waals surface area contributed by atoms with E-state index in [0.29, 0.717) is 19.4 Å². The van der Waals surface area contributed by atoms with E-state index in [0.717, 1.165) is 0 Å². The minimum absolute atomic E-state index is 0.0217. The third kappa shape index (κ3) is 5.32. The summed E-state index contributed by atoms with van der Waals surface area (Å²) in [6.07, 6.45) is 1.22. The number of amides is 1. The molecule has 2 unspecified atom stereocenters. The average Bonchev–Trinajstić information content (AvgIpc) is 2.58. The fourth-order valence-corrected chi connectivity index (χ4v) is 4.00. The molecule has 1 fully saturated rings. The van der Waals surface area contributed by atoms with Gasteiger partial charge in [0.05, 0.1) is 24.2 Å². The van der Waals surface area contributed by atoms with Crippen molar-refractivity contribution in [3.8, 4) is 0 Å². The predicted molar refractivity (Wildman–Crippen MR) is 66.9 cm³/mol. The quantitative estimate of drug-likeness (QED) is 0.644. The Morgan fingerprint density at radius 2 is 2.28 bits per heavy atom. The number of carbonyl (C=O) groups is 1. The van der Waals surface area contributed by atoms with Crippen LogP contribution in [0.4, 0.5) is 0 Å². The molecule has 0 aromatic rings. The number of ether oxygens (including phenoxy) is 1. The highest BCUT2D eigenvalue weighted by Crippen LogP contribution is 2.21. The SMILES string of the molecule is COCC(CCO)NC(=O)CC1CCS(=O)(=O)C1. The molecule has 1 aliphatic heterocycles. The first-order valence-electron chi connectivity index (χ1n) is 6.06. The van der Waals surface area contributed by atoms with E-state index in [1.165, 1.54) is 7.11 Å². The van der Waals surface area contributed by atoms with Gasteiger partial charge in [-0.1, -0.05) is 0 Å². The first-order valence-corrected chi connectivity index (χ1v) is 7.88. The molecule has 0 aliphatic carbocycles. The summed E-state index contributed by atoms with van der Waals surface area (Å²) in [6, 6.07) is -0.217. The molecule has 1 saturated heterocycles. The molecule has 18 heavy (non-hydrogen) atoms. The number of aliphatic hydroxyl groups excluding tert-OH is 1. The molecule has 0 bridgehead atoms. The van der Waals surface area contributed by atoms with Gasteiger partial charge >= 0.3 is 0 Å². The van der Waals surface area contributed by atoms with Crippen LogP contribution in [0.1, 0.15) is 19.3 Å². The molecule has 2 N–H and O–H groups in total. The van der Waals surface area contributed by atoms with Crippen molar-refractivity contribution >= 4 is 15.7 Å². The van der Waals surface area contributed by atoms with Crippen molar-refractivity contribution in [1.82, 2.24) is 5.32 Å². The Morgan fingerprint density at radius 3 is 2.78 bits per heavy atom. The maximum absolute atomic E-state index is 11.7. The number of methoxy groups -OCH3 is 1. The molecular weight excluding hydrogens is 258 g/mol. The van der Waals surface area contributed by atoms with E-state index in [1.54, 1.807) is 0 Å². The smallest absolute Gasteiger partial charge is 0.220 e. The third-order valence-corrected chi connectivity index (χ3v) is 4.85. The zero-order valence-corrected chi connectivity index (χ0v) is 11.4. The Kier molecular flexibility index (Phi) is 6.04. The summed E-state index contributed by atoms with van der Waals surface area (Å²) < 4.78 is 27.5. The fraction of sp³-hybridized carbons (Fsp3) is 0.909. The molecule has 7 heteroatoms. The van der Waals surface area contributed by atoms with E-state index in [9.17, 15) is 13.2 Å². The molecule has 1 rings (SSSR count). The van der Waals surface area contributed by atoms with Gasteiger partial charge in [0, 0.05) is 20.1 Å². The lowest BCUT2D eigenvalue weighted by Crippen LogP contribution is -2.39. The predicted octanol–water partition coefficient (Wildman–Crippen LogP) is -0.675. The molecule has 6 nitrogen and oxygen atoms in total. The van der Waals surface area contributed by atoms with Gasteiger partial charge in [0.2, 0.25) is 5.91 Å². The molecule has 0 aromatic heterocycles. The lowest BCUT2D eigenvalue weighted by Gasteiger charge is -2.17. The minimum Gasteiger partial charge on any atom is -0.396 e. The zero-order chi connectivity index (χ0) is 13.6. The Hall–Kier alpha value is -0.660. The number of rotatable bonds is 7. The van der Waals surface area contributed by atoms with E-state index in [1.807, 2.05) is 0 Å². The second-order valence-corrected chi connectivity index (χ2v) is 6.93. The van der Waals surface area contributed by atoms with Crippen LogP contribution in [0, 0.1) is 5.92 Å². The summed E-state index contributed by atoms with van der Waals surface area (Å²) in [5.41, 5.74) is 0. The minimum atomic E-state index is -2.93. The van der Waals surface area contributed by atoms with Crippen LogP contribution in [0.2, 0.25) is 0 Å². The van der Waals surface area contributed by atoms with Crippen LogP contribution in [0.3, 0.4) is 0 Å². The highest BCUT2D eigenvalue weighted by molar-refractivity contribution is 7.91. The lowest BCUT2D eigenvalue weighted by molar-refractivity contribution is -0.123. The number of sulfone groups is 1. The summed E-state index contributed by atoms with van der Waals surface area (Å²) in [5.74, 6) is 0.0401. The van der Waals surface area contributed by atoms with E-state index < -0.39 is 9.84 Å². The van der Waals surface area contributed by atoms with E-state index in [-0.39, 0.29) is 42.4 Å². The van der Waals surface area contributed by atoms with Gasteiger partial charge in [0.25, 0.3) is 0 Å². The number of aliphatic hydroxyl groups is 1. The fourth-order valence-electron chi connectivity index (χ4n) is 2.14. The molecule has 1 amide bonds. The highest BCUT2D eigenvalue weighted by Gasteiger charge is 2.29. The number of nitrogens with one attached hydrogen (secondary N) is 1. The Morgan fingerprint density at radius 1 is 1.56 bits per heavy atom. The van der Waals surface area contributed by atoms with Gasteiger partial charge in [0.15, 0.2) is 9.84 Å². The zero-order valence-electron chi connectivity index (χ0n) is 10.6. The van der Waals surface area contributed by atoms with Crippen molar-refractivity contribution in [1.29, 1.82) is 0 Å². The molecule has 2 atom stereocenters. The Balaban J connectivity index is 2.36. The molecule has 0 saturated carbocycles. The third-order valence-electron chi connectivity index (χ3n) is 3.01. The second-order valence-electron chi connectivity index (χ2n) is 4.71. The van der Waals surface area contributed by atoms with Gasteiger partial charge in [-0.2, -0.15) is 0 Å². The lowest BCUT2D eigenvalue weighted by atomic mass is 10.0. The average molecular weight is 279 g/mol. The number of hydrogen-bond acceptors (Lipinski definition) is 5. The molecule has 0 aromatic carbocycles. The van der Waals surface area contributed by atoms with E-state index in [2.05, 4.69) is 5.32 Å². The van der Waals surface area contributed by atoms with Gasteiger partial charge in [0.1, 0.15) is 0 Å². The highest BCUT2D eigenvalue weighted by atomic mass is 32.2. The van der Waals surface area contributed by atoms with Crippen LogP contribution in [-0.4, -0.2) is 57.3 Å². The normalized spacial score (nSPS) is 23.8. The second kappa shape index (κ2) is 7.06. The topological polar surface area (TPSA) is 92.7 Å². The molecule has 106 valence electrons. The monoisotopic (exact) mass is 279 g/mol. The van der Waals surface area contributed by atoms with Crippen LogP contribution >= 0.6 is 0 Å². The van der Waals surface area contributed by atoms with Crippen molar-refractivity contribution in [2.75, 3.05) is 31.8 Å². The van der Waals surface area contributed by atoms with E-state index in [4.69, 9.17) is 9.84 Å². The van der Waals surface area contributed by atoms with Gasteiger partial charge in [-0.3, -0.25) is 4.79 Å². The van der Waals surface area contributed by atoms with Crippen molar-refractivity contribution in [2.24, 2.45) is 5.92 Å². The van der Waals surface area contributed by atoms with E-state index >= 15 is 0 Å². The summed E-state index contributed by atoms with van der Waals surface area (Å²) in [6.45, 7) is 0.321. The molecule has 1 aliphatic rings. The maximum Gasteiger partial charge on any atom is 0.220 e. The van der Waals surface area contributed by atoms with Crippen LogP contribution in [0.15, 0.2) is 0 Å². The van der Waals surface area contributed by atoms with Crippen molar-refractivity contribution in [3.05, 3.63) is 0 Å². The summed E-state index contributed by atoms with van der Waals surface area (Å²) in [4.78, 5) is 11.7. The van der Waals surface area contributed by atoms with Gasteiger partial charge in [-0.05, 0) is 18.8 Å². The molecule has 1 heterocycles. The van der Waals surface area contributed by atoms with Crippen LogP contribution in [0.25, 0.3) is 0 Å². The first kappa shape index (κ1) is 15.4. The largest absolute Gasteiger partial charge is 0.396 e. The number of carbonyl (C=O) groups excluding carboxylic acids is 1. The Bertz CT molecular complexity index is 362. The van der Waals surface area contributed by atoms with Gasteiger partial charge in [-0.15, -0.1) is 0 Å². The molecular formula is C11H21NO5S. The van der Waals surface area contributed by atoms with Crippen LogP contribution in [-0.2, 0) is 19.4 Å². The van der Waals surface area contributed by atoms with Crippen molar-refractivity contribution < 1.29 is 23.1 Å². The van der Waals surface area contributed by atoms with Crippen LogP contribution in [0.5, 0.6) is 0 Å². The van der Waals surface area contributed by atoms with Crippen LogP contribution < -0.4 is 5.32 Å². The van der Waals surface area contributed by atoms with Gasteiger partial charge in [-0.25, -0.2) is 8.42 Å². The summed E-state index contributed by atoms with van der Waals surface area (Å²) in [7, 11) is -1.41.